The molecular formula is C11H22N2O2. The van der Waals surface area contributed by atoms with Gasteiger partial charge in [0, 0.05) is 7.11 Å². The predicted molar refractivity (Wildman–Crippen MR) is 59.5 cm³/mol. The van der Waals surface area contributed by atoms with Crippen LogP contribution >= 0.6 is 0 Å². The summed E-state index contributed by atoms with van der Waals surface area (Å²) in [6.45, 7) is 6.74. The van der Waals surface area contributed by atoms with Crippen LogP contribution in [0, 0.1) is 0 Å². The number of carbonyl (C=O) groups excluding carboxylic acids is 1. The van der Waals surface area contributed by atoms with Crippen molar-refractivity contribution in [1.82, 2.24) is 10.2 Å². The first-order valence-corrected chi connectivity index (χ1v) is 5.69. The van der Waals surface area contributed by atoms with Crippen molar-refractivity contribution >= 4 is 5.91 Å². The van der Waals surface area contributed by atoms with E-state index in [1.165, 1.54) is 0 Å². The van der Waals surface area contributed by atoms with E-state index in [0.29, 0.717) is 6.61 Å². The standard InChI is InChI=1S/C11H22N2O2/c1-5-6-10-11(14)13(9(3)12-10)8(2)7-15-4/h8-10,12H,5-7H2,1-4H3. The Balaban J connectivity index is 2.61. The third-order valence-corrected chi connectivity index (χ3v) is 2.87. The Labute approximate surface area is 92.0 Å². The molecule has 0 aromatic heterocycles. The molecule has 4 nitrogen and oxygen atoms in total. The highest BCUT2D eigenvalue weighted by Crippen LogP contribution is 2.17. The molecule has 0 radical (unpaired) electrons. The molecule has 0 spiro atoms. The van der Waals surface area contributed by atoms with Crippen LogP contribution in [0.15, 0.2) is 0 Å². The minimum atomic E-state index is 0.00399. The molecule has 0 bridgehead atoms. The summed E-state index contributed by atoms with van der Waals surface area (Å²) < 4.78 is 5.09. The number of hydrogen-bond donors (Lipinski definition) is 1. The maximum Gasteiger partial charge on any atom is 0.241 e. The Morgan fingerprint density at radius 1 is 1.60 bits per heavy atom. The van der Waals surface area contributed by atoms with Crippen LogP contribution in [0.4, 0.5) is 0 Å². The topological polar surface area (TPSA) is 41.6 Å². The molecule has 1 N–H and O–H groups in total. The van der Waals surface area contributed by atoms with Gasteiger partial charge >= 0.3 is 0 Å². The Morgan fingerprint density at radius 2 is 2.27 bits per heavy atom. The second-order valence-corrected chi connectivity index (χ2v) is 4.23. The van der Waals surface area contributed by atoms with E-state index in [1.807, 2.05) is 18.7 Å². The van der Waals surface area contributed by atoms with Crippen LogP contribution in [0.5, 0.6) is 0 Å². The molecule has 1 aliphatic heterocycles. The third-order valence-electron chi connectivity index (χ3n) is 2.87. The summed E-state index contributed by atoms with van der Waals surface area (Å²) in [5.74, 6) is 0.217. The summed E-state index contributed by atoms with van der Waals surface area (Å²) in [6.07, 6.45) is 2.07. The molecule has 1 rings (SSSR count). The molecule has 0 aromatic rings. The summed E-state index contributed by atoms with van der Waals surface area (Å²) in [5.41, 5.74) is 0. The number of amides is 1. The molecule has 0 aliphatic carbocycles. The molecule has 1 saturated heterocycles. The van der Waals surface area contributed by atoms with Crippen LogP contribution < -0.4 is 5.32 Å². The average molecular weight is 214 g/mol. The van der Waals surface area contributed by atoms with E-state index in [-0.39, 0.29) is 24.2 Å². The van der Waals surface area contributed by atoms with Crippen LogP contribution in [-0.4, -0.2) is 42.8 Å². The number of rotatable bonds is 5. The van der Waals surface area contributed by atoms with E-state index in [2.05, 4.69) is 12.2 Å². The van der Waals surface area contributed by atoms with Gasteiger partial charge < -0.3 is 9.64 Å². The fourth-order valence-corrected chi connectivity index (χ4v) is 2.23. The maximum absolute atomic E-state index is 12.0. The Hall–Kier alpha value is -0.610. The van der Waals surface area contributed by atoms with Crippen molar-refractivity contribution in [3.05, 3.63) is 0 Å². The monoisotopic (exact) mass is 214 g/mol. The van der Waals surface area contributed by atoms with Gasteiger partial charge in [-0.15, -0.1) is 0 Å². The average Bonchev–Trinajstić information content (AvgIpc) is 2.43. The molecule has 15 heavy (non-hydrogen) atoms. The summed E-state index contributed by atoms with van der Waals surface area (Å²) in [4.78, 5) is 13.9. The SMILES string of the molecule is CCCC1NC(C)N(C(C)COC)C1=O. The first kappa shape index (κ1) is 12.5. The number of hydrogen-bond acceptors (Lipinski definition) is 3. The molecule has 1 amide bonds. The fraction of sp³-hybridized carbons (Fsp3) is 0.909. The number of ether oxygens (including phenoxy) is 1. The minimum Gasteiger partial charge on any atom is -0.383 e. The lowest BCUT2D eigenvalue weighted by atomic mass is 10.1. The molecular weight excluding hydrogens is 192 g/mol. The normalized spacial score (nSPS) is 28.5. The van der Waals surface area contributed by atoms with Crippen molar-refractivity contribution < 1.29 is 9.53 Å². The second kappa shape index (κ2) is 5.47. The van der Waals surface area contributed by atoms with E-state index >= 15 is 0 Å². The fourth-order valence-electron chi connectivity index (χ4n) is 2.23. The van der Waals surface area contributed by atoms with Crippen LogP contribution in [0.2, 0.25) is 0 Å². The highest BCUT2D eigenvalue weighted by molar-refractivity contribution is 5.84. The zero-order valence-corrected chi connectivity index (χ0v) is 10.1. The Morgan fingerprint density at radius 3 is 2.80 bits per heavy atom. The van der Waals surface area contributed by atoms with Crippen molar-refractivity contribution in [2.24, 2.45) is 0 Å². The summed E-state index contributed by atoms with van der Waals surface area (Å²) in [7, 11) is 1.67. The van der Waals surface area contributed by atoms with E-state index in [9.17, 15) is 4.79 Å². The number of nitrogens with zero attached hydrogens (tertiary/aromatic N) is 1. The molecule has 4 heteroatoms. The minimum absolute atomic E-state index is 0.00399. The van der Waals surface area contributed by atoms with Crippen molar-refractivity contribution in [2.45, 2.75) is 51.9 Å². The number of carbonyl (C=O) groups is 1. The van der Waals surface area contributed by atoms with E-state index in [4.69, 9.17) is 4.74 Å². The van der Waals surface area contributed by atoms with Crippen LogP contribution in [-0.2, 0) is 9.53 Å². The van der Waals surface area contributed by atoms with Gasteiger partial charge in [-0.05, 0) is 20.3 Å². The van der Waals surface area contributed by atoms with Gasteiger partial charge in [0.25, 0.3) is 0 Å². The second-order valence-electron chi connectivity index (χ2n) is 4.23. The summed E-state index contributed by atoms with van der Waals surface area (Å²) >= 11 is 0. The molecule has 1 aliphatic rings. The summed E-state index contributed by atoms with van der Waals surface area (Å²) in [5, 5.41) is 3.31. The molecule has 0 aromatic carbocycles. The molecule has 1 heterocycles. The lowest BCUT2D eigenvalue weighted by Crippen LogP contribution is -2.43. The highest BCUT2D eigenvalue weighted by atomic mass is 16.5. The van der Waals surface area contributed by atoms with E-state index < -0.39 is 0 Å². The van der Waals surface area contributed by atoms with Crippen LogP contribution in [0.3, 0.4) is 0 Å². The van der Waals surface area contributed by atoms with Gasteiger partial charge in [0.1, 0.15) is 0 Å². The van der Waals surface area contributed by atoms with Gasteiger partial charge in [0.15, 0.2) is 0 Å². The molecule has 3 atom stereocenters. The lowest BCUT2D eigenvalue weighted by molar-refractivity contribution is -0.132. The predicted octanol–water partition coefficient (Wildman–Crippen LogP) is 0.968. The van der Waals surface area contributed by atoms with Gasteiger partial charge in [-0.25, -0.2) is 0 Å². The van der Waals surface area contributed by atoms with Crippen molar-refractivity contribution in [2.75, 3.05) is 13.7 Å². The zero-order valence-electron chi connectivity index (χ0n) is 10.1. The van der Waals surface area contributed by atoms with Crippen LogP contribution in [0.25, 0.3) is 0 Å². The van der Waals surface area contributed by atoms with Gasteiger partial charge in [-0.1, -0.05) is 13.3 Å². The Kier molecular flexibility index (Phi) is 4.54. The number of methoxy groups -OCH3 is 1. The van der Waals surface area contributed by atoms with Gasteiger partial charge in [0.2, 0.25) is 5.91 Å². The van der Waals surface area contributed by atoms with Gasteiger partial charge in [-0.2, -0.15) is 0 Å². The maximum atomic E-state index is 12.0. The third kappa shape index (κ3) is 2.69. The van der Waals surface area contributed by atoms with Crippen LogP contribution in [0.1, 0.15) is 33.6 Å². The first-order chi connectivity index (χ1) is 7.11. The Bertz CT molecular complexity index is 221. The molecule has 3 unspecified atom stereocenters. The van der Waals surface area contributed by atoms with Gasteiger partial charge in [0.05, 0.1) is 24.9 Å². The van der Waals surface area contributed by atoms with Crippen molar-refractivity contribution in [3.63, 3.8) is 0 Å². The molecule has 88 valence electrons. The van der Waals surface area contributed by atoms with E-state index in [1.54, 1.807) is 7.11 Å². The molecule has 1 fully saturated rings. The van der Waals surface area contributed by atoms with Crippen molar-refractivity contribution in [3.8, 4) is 0 Å². The summed E-state index contributed by atoms with van der Waals surface area (Å²) in [6, 6.07) is 0.149. The highest BCUT2D eigenvalue weighted by Gasteiger charge is 2.38. The smallest absolute Gasteiger partial charge is 0.241 e. The first-order valence-electron chi connectivity index (χ1n) is 5.69. The van der Waals surface area contributed by atoms with Gasteiger partial charge in [-0.3, -0.25) is 10.1 Å². The van der Waals surface area contributed by atoms with Crippen molar-refractivity contribution in [1.29, 1.82) is 0 Å². The molecule has 0 saturated carbocycles. The zero-order chi connectivity index (χ0) is 11.4. The van der Waals surface area contributed by atoms with E-state index in [0.717, 1.165) is 12.8 Å². The quantitative estimate of drug-likeness (QED) is 0.741. The number of nitrogens with one attached hydrogen (secondary N) is 1. The lowest BCUT2D eigenvalue weighted by Gasteiger charge is -2.27. The largest absolute Gasteiger partial charge is 0.383 e.